The summed E-state index contributed by atoms with van der Waals surface area (Å²) < 4.78 is 72.9. The van der Waals surface area contributed by atoms with E-state index in [1.807, 2.05) is 0 Å². The number of aliphatic hydroxyl groups excluding tert-OH is 1. The Morgan fingerprint density at radius 3 is 2.32 bits per heavy atom. The molecule has 0 heterocycles. The number of fused-ring (bicyclic) bond motifs is 2. The summed E-state index contributed by atoms with van der Waals surface area (Å²) in [6.07, 6.45) is 0.923. The van der Waals surface area contributed by atoms with E-state index in [0.29, 0.717) is 25.0 Å². The van der Waals surface area contributed by atoms with Crippen LogP contribution in [-0.2, 0) is 14.6 Å². The first kappa shape index (κ1) is 27.8. The van der Waals surface area contributed by atoms with Gasteiger partial charge in [0.05, 0.1) is 40.1 Å². The molecular weight excluding hydrogens is 535 g/mol. The average Bonchev–Trinajstić information content (AvgIpc) is 2.98. The zero-order valence-corrected chi connectivity index (χ0v) is 21.5. The van der Waals surface area contributed by atoms with Gasteiger partial charge >= 0.3 is 0 Å². The molecule has 0 radical (unpaired) electrons. The van der Waals surface area contributed by atoms with Crippen LogP contribution in [0.2, 0.25) is 5.02 Å². The Bertz CT molecular complexity index is 1270. The lowest BCUT2D eigenvalue weighted by atomic mass is 9.75. The van der Waals surface area contributed by atoms with Gasteiger partial charge in [0.1, 0.15) is 0 Å². The fourth-order valence-electron chi connectivity index (χ4n) is 5.37. The number of rotatable bonds is 8. The van der Waals surface area contributed by atoms with E-state index in [-0.39, 0.29) is 59.1 Å². The van der Waals surface area contributed by atoms with Gasteiger partial charge in [0.15, 0.2) is 27.3 Å². The van der Waals surface area contributed by atoms with Crippen molar-refractivity contribution in [3.8, 4) is 0 Å². The first-order valence-electron chi connectivity index (χ1n) is 11.8. The van der Waals surface area contributed by atoms with Crippen molar-refractivity contribution in [1.29, 1.82) is 0 Å². The fraction of sp³-hybridized carbons (Fsp3) is 0.480. The molecule has 2 bridgehead atoms. The monoisotopic (exact) mass is 561 g/mol. The van der Waals surface area contributed by atoms with Gasteiger partial charge in [-0.15, -0.1) is 0 Å². The minimum Gasteiger partial charge on any atom is -0.391 e. The number of hydrogen-bond donors (Lipinski definition) is 3. The Morgan fingerprint density at radius 1 is 1.16 bits per heavy atom. The molecule has 202 valence electrons. The van der Waals surface area contributed by atoms with E-state index in [4.69, 9.17) is 16.3 Å². The largest absolute Gasteiger partial charge is 0.391 e. The Kier molecular flexibility index (Phi) is 7.92. The number of halogens is 4. The van der Waals surface area contributed by atoms with Gasteiger partial charge in [-0.1, -0.05) is 11.6 Å². The molecule has 0 spiro atoms. The third-order valence-electron chi connectivity index (χ3n) is 7.25. The molecule has 3 atom stereocenters. The molecule has 12 heteroatoms. The van der Waals surface area contributed by atoms with Crippen LogP contribution in [0.4, 0.5) is 18.9 Å². The summed E-state index contributed by atoms with van der Waals surface area (Å²) in [5.41, 5.74) is -1.66. The summed E-state index contributed by atoms with van der Waals surface area (Å²) in [7, 11) is -4.02. The Hall–Kier alpha value is -2.18. The lowest BCUT2D eigenvalue weighted by Gasteiger charge is -2.42. The maximum Gasteiger partial charge on any atom is 0.255 e. The third-order valence-corrected chi connectivity index (χ3v) is 9.90. The Morgan fingerprint density at radius 2 is 1.76 bits per heavy atom. The molecule has 2 aromatic rings. The van der Waals surface area contributed by atoms with Crippen LogP contribution in [0.1, 0.15) is 43.0 Å². The number of carbonyl (C=O) groups is 1. The highest BCUT2D eigenvalue weighted by Crippen LogP contribution is 2.52. The lowest BCUT2D eigenvalue weighted by Crippen LogP contribution is -2.51. The molecule has 2 aliphatic rings. The van der Waals surface area contributed by atoms with Crippen molar-refractivity contribution < 1.29 is 41.3 Å². The topological polar surface area (TPSA) is 113 Å². The normalized spacial score (nSPS) is 26.2. The molecule has 7 nitrogen and oxygen atoms in total. The zero-order chi connectivity index (χ0) is 27.1. The number of nitrogens with one attached hydrogen (secondary N) is 1. The molecule has 2 fully saturated rings. The highest BCUT2D eigenvalue weighted by atomic mass is 35.5. The summed E-state index contributed by atoms with van der Waals surface area (Å²) in [5.74, 6) is -6.18. The molecule has 0 aliphatic heterocycles. The number of sulfone groups is 1. The second-order valence-corrected chi connectivity index (χ2v) is 12.4. The van der Waals surface area contributed by atoms with E-state index >= 15 is 0 Å². The molecule has 2 aliphatic carbocycles. The molecular formula is C25H27ClF3NO6S. The maximum atomic E-state index is 13.6. The van der Waals surface area contributed by atoms with Crippen molar-refractivity contribution in [2.24, 2.45) is 11.8 Å². The van der Waals surface area contributed by atoms with Crippen molar-refractivity contribution in [2.45, 2.75) is 54.5 Å². The molecule has 3 N–H and O–H groups in total. The van der Waals surface area contributed by atoms with Crippen molar-refractivity contribution in [3.63, 3.8) is 0 Å². The van der Waals surface area contributed by atoms with Crippen molar-refractivity contribution in [3.05, 3.63) is 58.4 Å². The summed E-state index contributed by atoms with van der Waals surface area (Å²) in [5, 5.41) is 21.9. The Labute approximate surface area is 217 Å². The molecule has 1 amide bonds. The molecule has 0 saturated heterocycles. The predicted octanol–water partition coefficient (Wildman–Crippen LogP) is 4.10. The first-order valence-corrected chi connectivity index (χ1v) is 13.7. The number of benzene rings is 2. The number of anilines is 1. The fourth-order valence-corrected chi connectivity index (χ4v) is 7.77. The van der Waals surface area contributed by atoms with Crippen molar-refractivity contribution in [2.75, 3.05) is 18.5 Å². The van der Waals surface area contributed by atoms with Crippen LogP contribution in [0.25, 0.3) is 0 Å². The highest BCUT2D eigenvalue weighted by molar-refractivity contribution is 7.92. The first-order chi connectivity index (χ1) is 17.3. The van der Waals surface area contributed by atoms with Gasteiger partial charge in [0.25, 0.3) is 5.91 Å². The van der Waals surface area contributed by atoms with Gasteiger partial charge < -0.3 is 20.3 Å². The van der Waals surface area contributed by atoms with Crippen molar-refractivity contribution in [1.82, 2.24) is 0 Å². The molecule has 2 saturated carbocycles. The SMILES string of the molecule is C[C@@H](O)COC[C@]1(O)C2CCC1C[C@@H](S(=O)(=O)c1cc(C(=O)Nc3cc(F)c(F)c(F)c3)ccc1Cl)C2. The average molecular weight is 562 g/mol. The zero-order valence-electron chi connectivity index (χ0n) is 19.9. The predicted molar refractivity (Wildman–Crippen MR) is 130 cm³/mol. The Balaban J connectivity index is 1.53. The maximum absolute atomic E-state index is 13.6. The third kappa shape index (κ3) is 5.51. The smallest absolute Gasteiger partial charge is 0.255 e. The lowest BCUT2D eigenvalue weighted by molar-refractivity contribution is -0.121. The standard InChI is InChI=1S/C25H27ClF3NO6S/c1-13(31)11-36-12-25(33)15-3-4-16(25)8-18(7-15)37(34,35)22-6-14(2-5-19(22)26)24(32)30-17-9-20(27)23(29)21(28)10-17/h2,5-6,9-10,13,15-16,18,31,33H,3-4,7-8,11-12H2,1H3,(H,30,32)/t13-,15?,16?,18-,25-/m1/s1. The quantitative estimate of drug-likeness (QED) is 0.418. The van der Waals surface area contributed by atoms with E-state index in [1.54, 1.807) is 6.92 Å². The van der Waals surface area contributed by atoms with Gasteiger partial charge in [-0.05, 0) is 62.6 Å². The van der Waals surface area contributed by atoms with E-state index in [2.05, 4.69) is 5.32 Å². The summed E-state index contributed by atoms with van der Waals surface area (Å²) in [6.45, 7) is 1.63. The molecule has 0 aromatic heterocycles. The van der Waals surface area contributed by atoms with E-state index in [9.17, 15) is 36.6 Å². The molecule has 2 unspecified atom stereocenters. The minimum absolute atomic E-state index is 0.000980. The molecule has 4 rings (SSSR count). The number of carbonyl (C=O) groups excluding carboxylic acids is 1. The second kappa shape index (κ2) is 10.5. The van der Waals surface area contributed by atoms with Crippen LogP contribution in [-0.4, -0.2) is 54.7 Å². The van der Waals surface area contributed by atoms with E-state index in [0.717, 1.165) is 6.07 Å². The van der Waals surface area contributed by atoms with Crippen LogP contribution in [0.3, 0.4) is 0 Å². The molecule has 2 aromatic carbocycles. The highest BCUT2D eigenvalue weighted by Gasteiger charge is 2.55. The van der Waals surface area contributed by atoms with Crippen LogP contribution in [0.5, 0.6) is 0 Å². The van der Waals surface area contributed by atoms with Gasteiger partial charge in [-0.25, -0.2) is 21.6 Å². The van der Waals surface area contributed by atoms with E-state index in [1.165, 1.54) is 12.1 Å². The van der Waals surface area contributed by atoms with Crippen LogP contribution in [0.15, 0.2) is 35.2 Å². The van der Waals surface area contributed by atoms with Gasteiger partial charge in [-0.3, -0.25) is 4.79 Å². The van der Waals surface area contributed by atoms with Crippen molar-refractivity contribution >= 4 is 33.0 Å². The van der Waals surface area contributed by atoms with Crippen LogP contribution >= 0.6 is 11.6 Å². The number of amides is 1. The van der Waals surface area contributed by atoms with Crippen LogP contribution in [0, 0.1) is 29.3 Å². The summed E-state index contributed by atoms with van der Waals surface area (Å²) in [4.78, 5) is 12.4. The second-order valence-electron chi connectivity index (χ2n) is 9.82. The van der Waals surface area contributed by atoms with Gasteiger partial charge in [0.2, 0.25) is 0 Å². The van der Waals surface area contributed by atoms with Gasteiger partial charge in [-0.2, -0.15) is 0 Å². The molecule has 37 heavy (non-hydrogen) atoms. The van der Waals surface area contributed by atoms with E-state index < -0.39 is 50.2 Å². The summed E-state index contributed by atoms with van der Waals surface area (Å²) >= 11 is 6.22. The number of ether oxygens (including phenoxy) is 1. The number of aliphatic hydroxyl groups is 2. The minimum atomic E-state index is -4.02. The van der Waals surface area contributed by atoms with Gasteiger partial charge in [0, 0.05) is 23.4 Å². The van der Waals surface area contributed by atoms with Crippen LogP contribution < -0.4 is 5.32 Å². The number of hydrogen-bond acceptors (Lipinski definition) is 6. The summed E-state index contributed by atoms with van der Waals surface area (Å²) in [6, 6.07) is 4.81.